The molecule has 1 aliphatic rings. The maximum Gasteiger partial charge on any atom is 0.191 e. The lowest BCUT2D eigenvalue weighted by Crippen LogP contribution is -2.43. The van der Waals surface area contributed by atoms with E-state index in [0.717, 1.165) is 18.8 Å². The largest absolute Gasteiger partial charge is 0.497 e. The summed E-state index contributed by atoms with van der Waals surface area (Å²) in [6.07, 6.45) is 3.58. The highest BCUT2D eigenvalue weighted by molar-refractivity contribution is 6.74. The molecule has 0 bridgehead atoms. The number of rotatable bonds is 5. The molecule has 0 saturated carbocycles. The smallest absolute Gasteiger partial charge is 0.191 e. The minimum absolute atomic E-state index is 0.123. The summed E-state index contributed by atoms with van der Waals surface area (Å²) >= 11 is 0. The van der Waals surface area contributed by atoms with Gasteiger partial charge in [0, 0.05) is 6.61 Å². The Bertz CT molecular complexity index is 635. The molecule has 2 rings (SSSR count). The lowest BCUT2D eigenvalue weighted by molar-refractivity contribution is 0.153. The molecule has 1 aliphatic carbocycles. The van der Waals surface area contributed by atoms with Crippen molar-refractivity contribution in [2.45, 2.75) is 72.0 Å². The Hall–Kier alpha value is -1.06. The lowest BCUT2D eigenvalue weighted by atomic mass is 9.63. The second-order valence-corrected chi connectivity index (χ2v) is 14.9. The Kier molecular flexibility index (Phi) is 6.14. The van der Waals surface area contributed by atoms with E-state index in [9.17, 15) is 0 Å². The van der Waals surface area contributed by atoms with Crippen molar-refractivity contribution < 1.29 is 9.16 Å². The van der Waals surface area contributed by atoms with Gasteiger partial charge in [-0.1, -0.05) is 58.4 Å². The quantitative estimate of drug-likeness (QED) is 0.417. The van der Waals surface area contributed by atoms with E-state index in [4.69, 9.17) is 9.16 Å². The van der Waals surface area contributed by atoms with Crippen molar-refractivity contribution in [3.8, 4) is 5.75 Å². The van der Waals surface area contributed by atoms with Crippen molar-refractivity contribution in [3.05, 3.63) is 41.5 Å². The molecule has 0 saturated heterocycles. The van der Waals surface area contributed by atoms with Gasteiger partial charge in [0.2, 0.25) is 0 Å². The monoisotopic (exact) mass is 374 g/mol. The fourth-order valence-electron chi connectivity index (χ4n) is 4.12. The van der Waals surface area contributed by atoms with Gasteiger partial charge in [-0.3, -0.25) is 0 Å². The van der Waals surface area contributed by atoms with E-state index >= 15 is 0 Å². The molecule has 2 nitrogen and oxygen atoms in total. The van der Waals surface area contributed by atoms with Gasteiger partial charge >= 0.3 is 0 Å². The standard InChI is InChI=1S/C23H38O2Si/c1-17-14-19(16-25-26(8,9)22(2,3)4)21(23(5,6)15-17)18-10-12-20(24-7)13-11-18/h10-13,15,19,21H,14,16H2,1-9H3/t19-,21-/m1/s1. The average Bonchev–Trinajstić information content (AvgIpc) is 2.51. The molecule has 0 aromatic heterocycles. The first-order chi connectivity index (χ1) is 11.9. The summed E-state index contributed by atoms with van der Waals surface area (Å²) in [6.45, 7) is 19.5. The third-order valence-corrected chi connectivity index (χ3v) is 10.9. The number of hydrogen-bond donors (Lipinski definition) is 0. The number of methoxy groups -OCH3 is 1. The van der Waals surface area contributed by atoms with E-state index in [1.165, 1.54) is 11.1 Å². The van der Waals surface area contributed by atoms with E-state index in [2.05, 4.69) is 85.0 Å². The van der Waals surface area contributed by atoms with Crippen LogP contribution in [0.2, 0.25) is 18.1 Å². The van der Waals surface area contributed by atoms with Crippen molar-refractivity contribution in [2.24, 2.45) is 11.3 Å². The minimum Gasteiger partial charge on any atom is -0.497 e. The fraction of sp³-hybridized carbons (Fsp3) is 0.652. The molecule has 146 valence electrons. The summed E-state index contributed by atoms with van der Waals surface area (Å²) in [5.74, 6) is 1.89. The molecule has 0 N–H and O–H groups in total. The maximum absolute atomic E-state index is 6.66. The first kappa shape index (κ1) is 21.2. The van der Waals surface area contributed by atoms with Crippen LogP contribution in [0.5, 0.6) is 5.75 Å². The molecule has 1 aromatic rings. The van der Waals surface area contributed by atoms with Crippen molar-refractivity contribution in [1.29, 1.82) is 0 Å². The van der Waals surface area contributed by atoms with Crippen LogP contribution in [-0.2, 0) is 4.43 Å². The van der Waals surface area contributed by atoms with Crippen molar-refractivity contribution >= 4 is 8.32 Å². The van der Waals surface area contributed by atoms with Crippen molar-refractivity contribution in [3.63, 3.8) is 0 Å². The third-order valence-electron chi connectivity index (χ3n) is 6.41. The molecular weight excluding hydrogens is 336 g/mol. The van der Waals surface area contributed by atoms with E-state index in [0.29, 0.717) is 11.8 Å². The lowest BCUT2D eigenvalue weighted by Gasteiger charge is -2.45. The van der Waals surface area contributed by atoms with Gasteiger partial charge in [-0.15, -0.1) is 0 Å². The van der Waals surface area contributed by atoms with Crippen LogP contribution in [0.4, 0.5) is 0 Å². The molecule has 0 heterocycles. The van der Waals surface area contributed by atoms with Crippen molar-refractivity contribution in [2.75, 3.05) is 13.7 Å². The zero-order valence-electron chi connectivity index (χ0n) is 18.3. The fourth-order valence-corrected chi connectivity index (χ4v) is 5.19. The van der Waals surface area contributed by atoms with Gasteiger partial charge in [-0.2, -0.15) is 0 Å². The van der Waals surface area contributed by atoms with Crippen LogP contribution in [0.25, 0.3) is 0 Å². The van der Waals surface area contributed by atoms with Crippen LogP contribution in [0, 0.1) is 11.3 Å². The third kappa shape index (κ3) is 4.61. The molecule has 0 spiro atoms. The predicted molar refractivity (Wildman–Crippen MR) is 115 cm³/mol. The highest BCUT2D eigenvalue weighted by Crippen LogP contribution is 2.49. The van der Waals surface area contributed by atoms with Gasteiger partial charge in [0.25, 0.3) is 0 Å². The molecular formula is C23H38O2Si. The van der Waals surface area contributed by atoms with Crippen LogP contribution in [-0.4, -0.2) is 22.0 Å². The van der Waals surface area contributed by atoms with Crippen LogP contribution < -0.4 is 4.74 Å². The SMILES string of the molecule is COc1ccc([C@@H]2[C@@H](CO[Si](C)(C)C(C)(C)C)CC(C)=CC2(C)C)cc1. The number of benzene rings is 1. The minimum atomic E-state index is -1.74. The number of hydrogen-bond acceptors (Lipinski definition) is 2. The van der Waals surface area contributed by atoms with E-state index < -0.39 is 8.32 Å². The Morgan fingerprint density at radius 2 is 1.69 bits per heavy atom. The van der Waals surface area contributed by atoms with Gasteiger partial charge in [0.1, 0.15) is 5.75 Å². The van der Waals surface area contributed by atoms with E-state index in [1.807, 2.05) is 0 Å². The second-order valence-electron chi connectivity index (χ2n) is 10.1. The van der Waals surface area contributed by atoms with Crippen LogP contribution in [0.1, 0.15) is 59.4 Å². The summed E-state index contributed by atoms with van der Waals surface area (Å²) in [6, 6.07) is 8.64. The molecule has 3 heteroatoms. The molecule has 0 aliphatic heterocycles. The molecule has 26 heavy (non-hydrogen) atoms. The Balaban J connectivity index is 2.30. The van der Waals surface area contributed by atoms with Gasteiger partial charge in [-0.05, 0) is 66.4 Å². The average molecular weight is 375 g/mol. The summed E-state index contributed by atoms with van der Waals surface area (Å²) in [5.41, 5.74) is 3.00. The topological polar surface area (TPSA) is 18.5 Å². The molecule has 0 unspecified atom stereocenters. The Morgan fingerprint density at radius 1 is 1.12 bits per heavy atom. The normalized spacial score (nSPS) is 23.5. The second kappa shape index (κ2) is 7.51. The molecule has 1 aromatic carbocycles. The Morgan fingerprint density at radius 3 is 2.19 bits per heavy atom. The molecule has 0 radical (unpaired) electrons. The summed E-state index contributed by atoms with van der Waals surface area (Å²) in [4.78, 5) is 0. The molecule has 0 fully saturated rings. The Labute approximate surface area is 162 Å². The molecule has 0 amide bonds. The summed E-state index contributed by atoms with van der Waals surface area (Å²) in [5, 5.41) is 0.248. The van der Waals surface area contributed by atoms with Gasteiger partial charge in [0.15, 0.2) is 8.32 Å². The number of ether oxygens (including phenoxy) is 1. The van der Waals surface area contributed by atoms with Crippen LogP contribution >= 0.6 is 0 Å². The van der Waals surface area contributed by atoms with E-state index in [1.54, 1.807) is 7.11 Å². The van der Waals surface area contributed by atoms with Gasteiger partial charge < -0.3 is 9.16 Å². The maximum atomic E-state index is 6.66. The van der Waals surface area contributed by atoms with Gasteiger partial charge in [0.05, 0.1) is 7.11 Å². The highest BCUT2D eigenvalue weighted by atomic mass is 28.4. The van der Waals surface area contributed by atoms with E-state index in [-0.39, 0.29) is 10.5 Å². The molecule has 2 atom stereocenters. The first-order valence-corrected chi connectivity index (χ1v) is 12.7. The van der Waals surface area contributed by atoms with Crippen LogP contribution in [0.15, 0.2) is 35.9 Å². The van der Waals surface area contributed by atoms with Crippen molar-refractivity contribution in [1.82, 2.24) is 0 Å². The highest BCUT2D eigenvalue weighted by Gasteiger charge is 2.42. The van der Waals surface area contributed by atoms with Gasteiger partial charge in [-0.25, -0.2) is 0 Å². The zero-order chi connectivity index (χ0) is 19.8. The summed E-state index contributed by atoms with van der Waals surface area (Å²) in [7, 11) is -0.0183. The zero-order valence-corrected chi connectivity index (χ0v) is 19.3. The predicted octanol–water partition coefficient (Wildman–Crippen LogP) is 6.79. The number of allylic oxidation sites excluding steroid dienone is 2. The summed E-state index contributed by atoms with van der Waals surface area (Å²) < 4.78 is 12.0. The van der Waals surface area contributed by atoms with Crippen LogP contribution in [0.3, 0.4) is 0 Å². The first-order valence-electron chi connectivity index (χ1n) is 9.83.